The lowest BCUT2D eigenvalue weighted by molar-refractivity contribution is 0.529. The predicted molar refractivity (Wildman–Crippen MR) is 80.8 cm³/mol. The zero-order valence-electron chi connectivity index (χ0n) is 10.9. The van der Waals surface area contributed by atoms with Gasteiger partial charge in [-0.2, -0.15) is 5.10 Å². The van der Waals surface area contributed by atoms with Crippen LogP contribution in [0.25, 0.3) is 11.1 Å². The summed E-state index contributed by atoms with van der Waals surface area (Å²) in [6.45, 7) is 0.0456. The average molecular weight is 349 g/mol. The molecule has 21 heavy (non-hydrogen) atoms. The van der Waals surface area contributed by atoms with Gasteiger partial charge in [0.1, 0.15) is 11.6 Å². The molecule has 0 aliphatic carbocycles. The molecule has 3 rings (SSSR count). The van der Waals surface area contributed by atoms with E-state index >= 15 is 0 Å². The molecule has 0 aliphatic heterocycles. The third-order valence-electron chi connectivity index (χ3n) is 3.20. The Bertz CT molecular complexity index is 769. The number of nitrogens with zero attached hydrogens (tertiary/aromatic N) is 2. The lowest BCUT2D eigenvalue weighted by atomic mass is 10.1. The van der Waals surface area contributed by atoms with Crippen LogP contribution in [-0.4, -0.2) is 9.78 Å². The van der Waals surface area contributed by atoms with Gasteiger partial charge in [-0.3, -0.25) is 4.68 Å². The maximum atomic E-state index is 13.9. The molecule has 0 saturated carbocycles. The summed E-state index contributed by atoms with van der Waals surface area (Å²) in [6.07, 6.45) is 3.46. The number of hydrogen-bond donors (Lipinski definition) is 0. The monoisotopic (exact) mass is 348 g/mol. The molecule has 0 unspecified atom stereocenters. The summed E-state index contributed by atoms with van der Waals surface area (Å²) in [4.78, 5) is 0. The second-order valence-electron chi connectivity index (χ2n) is 4.61. The Morgan fingerprint density at radius 1 is 1.00 bits per heavy atom. The van der Waals surface area contributed by atoms with Gasteiger partial charge in [0.2, 0.25) is 0 Å². The van der Waals surface area contributed by atoms with Crippen molar-refractivity contribution < 1.29 is 8.78 Å². The fourth-order valence-electron chi connectivity index (χ4n) is 2.11. The number of aromatic nitrogens is 2. The van der Waals surface area contributed by atoms with E-state index in [-0.39, 0.29) is 16.6 Å². The average Bonchev–Trinajstić information content (AvgIpc) is 2.97. The van der Waals surface area contributed by atoms with Gasteiger partial charge in [-0.1, -0.05) is 30.3 Å². The summed E-state index contributed by atoms with van der Waals surface area (Å²) in [5.41, 5.74) is 1.91. The van der Waals surface area contributed by atoms with Crippen molar-refractivity contribution in [3.8, 4) is 11.1 Å². The zero-order valence-corrected chi connectivity index (χ0v) is 12.5. The molecule has 5 heteroatoms. The highest BCUT2D eigenvalue weighted by molar-refractivity contribution is 9.10. The van der Waals surface area contributed by atoms with Gasteiger partial charge in [0.25, 0.3) is 0 Å². The predicted octanol–water partition coefficient (Wildman–Crippen LogP) is 4.64. The number of hydrogen-bond acceptors (Lipinski definition) is 1. The van der Waals surface area contributed by atoms with Crippen LogP contribution in [0.3, 0.4) is 0 Å². The molecule has 0 radical (unpaired) electrons. The first-order valence-corrected chi connectivity index (χ1v) is 7.14. The first-order chi connectivity index (χ1) is 10.1. The molecule has 3 aromatic rings. The minimum atomic E-state index is -0.591. The van der Waals surface area contributed by atoms with Crippen molar-refractivity contribution in [2.75, 3.05) is 0 Å². The van der Waals surface area contributed by atoms with Crippen molar-refractivity contribution >= 4 is 15.9 Å². The van der Waals surface area contributed by atoms with E-state index in [0.29, 0.717) is 0 Å². The molecule has 106 valence electrons. The third kappa shape index (κ3) is 2.88. The summed E-state index contributed by atoms with van der Waals surface area (Å²) < 4.78 is 29.5. The SMILES string of the molecule is Fc1ccc(Br)c(F)c1Cn1cc(-c2ccccc2)cn1. The van der Waals surface area contributed by atoms with Gasteiger partial charge in [0.15, 0.2) is 0 Å². The van der Waals surface area contributed by atoms with Crippen LogP contribution in [0.4, 0.5) is 8.78 Å². The van der Waals surface area contributed by atoms with Gasteiger partial charge in [0.05, 0.1) is 17.2 Å². The lowest BCUT2D eigenvalue weighted by Crippen LogP contribution is -2.05. The summed E-state index contributed by atoms with van der Waals surface area (Å²) in [5.74, 6) is -1.17. The van der Waals surface area contributed by atoms with E-state index in [1.165, 1.54) is 16.8 Å². The Labute approximate surface area is 129 Å². The Morgan fingerprint density at radius 2 is 1.76 bits per heavy atom. The van der Waals surface area contributed by atoms with Crippen LogP contribution in [0.2, 0.25) is 0 Å². The van der Waals surface area contributed by atoms with Crippen molar-refractivity contribution in [3.63, 3.8) is 0 Å². The molecule has 0 saturated heterocycles. The van der Waals surface area contributed by atoms with Crippen LogP contribution >= 0.6 is 15.9 Å². The van der Waals surface area contributed by atoms with Crippen molar-refractivity contribution in [1.29, 1.82) is 0 Å². The summed E-state index contributed by atoms with van der Waals surface area (Å²) in [6, 6.07) is 12.3. The van der Waals surface area contributed by atoms with Crippen molar-refractivity contribution in [3.05, 3.63) is 76.5 Å². The molecule has 1 heterocycles. The van der Waals surface area contributed by atoms with Gasteiger partial charge in [0, 0.05) is 17.3 Å². The molecule has 0 atom stereocenters. The van der Waals surface area contributed by atoms with Gasteiger partial charge >= 0.3 is 0 Å². The van der Waals surface area contributed by atoms with Crippen molar-refractivity contribution in [2.45, 2.75) is 6.54 Å². The molecule has 0 fully saturated rings. The number of rotatable bonds is 3. The summed E-state index contributed by atoms with van der Waals surface area (Å²) in [5, 5.41) is 4.17. The third-order valence-corrected chi connectivity index (χ3v) is 3.81. The van der Waals surface area contributed by atoms with Gasteiger partial charge in [-0.05, 0) is 33.6 Å². The molecule has 1 aromatic heterocycles. The van der Waals surface area contributed by atoms with Crippen LogP contribution in [0.5, 0.6) is 0 Å². The van der Waals surface area contributed by atoms with Crippen LogP contribution in [0.1, 0.15) is 5.56 Å². The van der Waals surface area contributed by atoms with E-state index in [1.807, 2.05) is 30.3 Å². The largest absolute Gasteiger partial charge is 0.267 e. The Morgan fingerprint density at radius 3 is 2.52 bits per heavy atom. The van der Waals surface area contributed by atoms with E-state index in [9.17, 15) is 8.78 Å². The molecular weight excluding hydrogens is 338 g/mol. The van der Waals surface area contributed by atoms with E-state index in [1.54, 1.807) is 12.4 Å². The fourth-order valence-corrected chi connectivity index (χ4v) is 2.48. The van der Waals surface area contributed by atoms with E-state index < -0.39 is 11.6 Å². The van der Waals surface area contributed by atoms with E-state index in [0.717, 1.165) is 11.1 Å². The standard InChI is InChI=1S/C16H11BrF2N2/c17-14-6-7-15(18)13(16(14)19)10-21-9-12(8-20-21)11-4-2-1-3-5-11/h1-9H,10H2. The van der Waals surface area contributed by atoms with E-state index in [4.69, 9.17) is 0 Å². The first kappa shape index (κ1) is 13.9. The molecule has 2 nitrogen and oxygen atoms in total. The van der Waals surface area contributed by atoms with Crippen LogP contribution < -0.4 is 0 Å². The smallest absolute Gasteiger partial charge is 0.145 e. The second kappa shape index (κ2) is 5.77. The fraction of sp³-hybridized carbons (Fsp3) is 0.0625. The maximum Gasteiger partial charge on any atom is 0.145 e. The molecule has 0 bridgehead atoms. The van der Waals surface area contributed by atoms with Gasteiger partial charge < -0.3 is 0 Å². The molecule has 0 spiro atoms. The number of benzene rings is 2. The first-order valence-electron chi connectivity index (χ1n) is 6.35. The van der Waals surface area contributed by atoms with Crippen molar-refractivity contribution in [2.24, 2.45) is 0 Å². The summed E-state index contributed by atoms with van der Waals surface area (Å²) in [7, 11) is 0. The zero-order chi connectivity index (χ0) is 14.8. The van der Waals surface area contributed by atoms with Crippen molar-refractivity contribution in [1.82, 2.24) is 9.78 Å². The number of halogens is 3. The normalized spacial score (nSPS) is 10.8. The van der Waals surface area contributed by atoms with Gasteiger partial charge in [-0.15, -0.1) is 0 Å². The Hall–Kier alpha value is -2.01. The van der Waals surface area contributed by atoms with Crippen LogP contribution in [-0.2, 0) is 6.54 Å². The minimum Gasteiger partial charge on any atom is -0.267 e. The minimum absolute atomic E-state index is 0.00733. The summed E-state index contributed by atoms with van der Waals surface area (Å²) >= 11 is 3.06. The Balaban J connectivity index is 1.91. The molecule has 0 N–H and O–H groups in total. The topological polar surface area (TPSA) is 17.8 Å². The molecule has 2 aromatic carbocycles. The molecular formula is C16H11BrF2N2. The Kier molecular flexibility index (Phi) is 3.84. The van der Waals surface area contributed by atoms with Gasteiger partial charge in [-0.25, -0.2) is 8.78 Å². The highest BCUT2D eigenvalue weighted by atomic mass is 79.9. The van der Waals surface area contributed by atoms with Crippen LogP contribution in [0, 0.1) is 11.6 Å². The second-order valence-corrected chi connectivity index (χ2v) is 5.47. The van der Waals surface area contributed by atoms with E-state index in [2.05, 4.69) is 21.0 Å². The lowest BCUT2D eigenvalue weighted by Gasteiger charge is -2.06. The quantitative estimate of drug-likeness (QED) is 0.630. The highest BCUT2D eigenvalue weighted by Gasteiger charge is 2.13. The maximum absolute atomic E-state index is 13.9. The highest BCUT2D eigenvalue weighted by Crippen LogP contribution is 2.23. The molecule has 0 aliphatic rings. The van der Waals surface area contributed by atoms with Crippen LogP contribution in [0.15, 0.2) is 59.3 Å². The molecule has 0 amide bonds.